The Hall–Kier alpha value is -8.58. The summed E-state index contributed by atoms with van der Waals surface area (Å²) >= 11 is 0. The summed E-state index contributed by atoms with van der Waals surface area (Å²) in [5, 5.41) is 14.9. The van der Waals surface area contributed by atoms with E-state index in [1.807, 2.05) is 0 Å². The smallest absolute Gasteiger partial charge is 0.000785 e. The molecule has 0 aliphatic heterocycles. The number of hydrogen-bond donors (Lipinski definition) is 0. The third-order valence-corrected chi connectivity index (χ3v) is 13.8. The number of fused-ring (bicyclic) bond motifs is 6. The first-order chi connectivity index (χ1) is 32.7. The summed E-state index contributed by atoms with van der Waals surface area (Å²) in [6, 6.07) is 94.7. The molecule has 0 radical (unpaired) electrons. The van der Waals surface area contributed by atoms with Crippen LogP contribution in [0.5, 0.6) is 0 Å². The summed E-state index contributed by atoms with van der Waals surface area (Å²) in [6.07, 6.45) is 0. The highest BCUT2D eigenvalue weighted by Crippen LogP contribution is 2.51. The van der Waals surface area contributed by atoms with Crippen molar-refractivity contribution >= 4 is 64.6 Å². The minimum atomic E-state index is 1.18. The second-order valence-electron chi connectivity index (χ2n) is 17.6. The summed E-state index contributed by atoms with van der Waals surface area (Å²) in [6.45, 7) is 0. The van der Waals surface area contributed by atoms with E-state index in [1.54, 1.807) is 0 Å². The van der Waals surface area contributed by atoms with Crippen LogP contribution >= 0.6 is 0 Å². The second kappa shape index (κ2) is 15.6. The van der Waals surface area contributed by atoms with E-state index in [4.69, 9.17) is 0 Å². The summed E-state index contributed by atoms with van der Waals surface area (Å²) in [5.74, 6) is 0. The molecule has 0 atom stereocenters. The number of hydrogen-bond acceptors (Lipinski definition) is 0. The second-order valence-corrected chi connectivity index (χ2v) is 17.6. The zero-order valence-corrected chi connectivity index (χ0v) is 36.2. The summed E-state index contributed by atoms with van der Waals surface area (Å²) < 4.78 is 0. The van der Waals surface area contributed by atoms with Crippen molar-refractivity contribution in [2.45, 2.75) is 0 Å². The van der Waals surface area contributed by atoms with Crippen LogP contribution in [0.25, 0.3) is 131 Å². The van der Waals surface area contributed by atoms with Crippen LogP contribution in [0, 0.1) is 0 Å². The maximum absolute atomic E-state index is 2.40. The number of benzene rings is 13. The van der Waals surface area contributed by atoms with Gasteiger partial charge in [0.25, 0.3) is 0 Å². The summed E-state index contributed by atoms with van der Waals surface area (Å²) in [4.78, 5) is 0. The minimum absolute atomic E-state index is 1.18. The Kier molecular flexibility index (Phi) is 8.96. The lowest BCUT2D eigenvalue weighted by Crippen LogP contribution is -1.96. The molecule has 13 aromatic carbocycles. The van der Waals surface area contributed by atoms with Gasteiger partial charge < -0.3 is 0 Å². The molecule has 0 aromatic heterocycles. The van der Waals surface area contributed by atoms with Crippen LogP contribution in [0.4, 0.5) is 0 Å². The third-order valence-electron chi connectivity index (χ3n) is 13.8. The van der Waals surface area contributed by atoms with Crippen molar-refractivity contribution in [3.8, 4) is 66.8 Å². The van der Waals surface area contributed by atoms with E-state index >= 15 is 0 Å². The molecule has 0 amide bonds. The lowest BCUT2D eigenvalue weighted by atomic mass is 9.79. The predicted molar refractivity (Wildman–Crippen MR) is 284 cm³/mol. The molecule has 13 rings (SSSR count). The van der Waals surface area contributed by atoms with Gasteiger partial charge in [-0.1, -0.05) is 218 Å². The molecule has 0 saturated carbocycles. The Bertz CT molecular complexity index is 3790. The van der Waals surface area contributed by atoms with Gasteiger partial charge >= 0.3 is 0 Å². The van der Waals surface area contributed by atoms with Gasteiger partial charge in [0.1, 0.15) is 0 Å². The molecule has 13 aromatic rings. The van der Waals surface area contributed by atoms with Crippen molar-refractivity contribution in [3.05, 3.63) is 255 Å². The zero-order valence-electron chi connectivity index (χ0n) is 36.2. The van der Waals surface area contributed by atoms with E-state index < -0.39 is 0 Å². The minimum Gasteiger partial charge on any atom is -0.0616 e. The van der Waals surface area contributed by atoms with Crippen LogP contribution in [-0.2, 0) is 0 Å². The molecule has 0 saturated heterocycles. The van der Waals surface area contributed by atoms with Gasteiger partial charge in [-0.2, -0.15) is 0 Å². The Labute approximate surface area is 384 Å². The fourth-order valence-corrected chi connectivity index (χ4v) is 10.6. The monoisotopic (exact) mass is 834 g/mol. The average molecular weight is 835 g/mol. The first-order valence-electron chi connectivity index (χ1n) is 22.9. The van der Waals surface area contributed by atoms with Gasteiger partial charge in [-0.15, -0.1) is 0 Å². The molecule has 0 unspecified atom stereocenters. The highest BCUT2D eigenvalue weighted by molar-refractivity contribution is 6.28. The highest BCUT2D eigenvalue weighted by Gasteiger charge is 2.24. The van der Waals surface area contributed by atoms with E-state index in [9.17, 15) is 0 Å². The Morgan fingerprint density at radius 3 is 0.833 bits per heavy atom. The molecule has 0 aliphatic rings. The maximum Gasteiger partial charge on any atom is -0.000785 e. The van der Waals surface area contributed by atoms with E-state index in [-0.39, 0.29) is 0 Å². The van der Waals surface area contributed by atoms with Crippen molar-refractivity contribution < 1.29 is 0 Å². The van der Waals surface area contributed by atoms with E-state index in [1.165, 1.54) is 131 Å². The van der Waals surface area contributed by atoms with E-state index in [2.05, 4.69) is 255 Å². The van der Waals surface area contributed by atoms with Gasteiger partial charge in [-0.05, 0) is 168 Å². The molecule has 0 heterocycles. The molecule has 0 bridgehead atoms. The lowest BCUT2D eigenvalue weighted by molar-refractivity contribution is 1.60. The van der Waals surface area contributed by atoms with Gasteiger partial charge in [0, 0.05) is 0 Å². The van der Waals surface area contributed by atoms with Gasteiger partial charge in [-0.25, -0.2) is 0 Å². The largest absolute Gasteiger partial charge is 0.0616 e. The van der Waals surface area contributed by atoms with Gasteiger partial charge in [-0.3, -0.25) is 0 Å². The van der Waals surface area contributed by atoms with Crippen LogP contribution in [0.2, 0.25) is 0 Å². The summed E-state index contributed by atoms with van der Waals surface area (Å²) in [7, 11) is 0. The molecule has 66 heavy (non-hydrogen) atoms. The van der Waals surface area contributed by atoms with Gasteiger partial charge in [0.2, 0.25) is 0 Å². The Morgan fingerprint density at radius 1 is 0.167 bits per heavy atom. The maximum atomic E-state index is 2.40. The predicted octanol–water partition coefficient (Wildman–Crippen LogP) is 18.6. The molecule has 306 valence electrons. The molecule has 0 nitrogen and oxygen atoms in total. The third kappa shape index (κ3) is 6.46. The zero-order chi connectivity index (χ0) is 43.6. The van der Waals surface area contributed by atoms with Crippen molar-refractivity contribution in [2.24, 2.45) is 0 Å². The standard InChI is InChI=1S/C66H42/c1-5-17-47-37-53(31-27-43(47)13-1)51-21-11-23-55(39-51)59-35-36-60(56-24-12-22-52(40-56)54-32-28-44-14-2-6-18-48(44)38-54)66-64(58-34-30-46-16-4-8-20-50(46)42-58)62-26-10-9-25-61(62)63(65(59)66)57-33-29-45-15-3-7-19-49(45)41-57/h1-42H. The topological polar surface area (TPSA) is 0 Å². The van der Waals surface area contributed by atoms with Crippen molar-refractivity contribution in [1.82, 2.24) is 0 Å². The van der Waals surface area contributed by atoms with E-state index in [0.717, 1.165) is 0 Å². The quantitative estimate of drug-likeness (QED) is 0.146. The molecule has 0 fully saturated rings. The van der Waals surface area contributed by atoms with Crippen molar-refractivity contribution in [2.75, 3.05) is 0 Å². The van der Waals surface area contributed by atoms with Crippen molar-refractivity contribution in [1.29, 1.82) is 0 Å². The first kappa shape index (κ1) is 37.9. The molecular weight excluding hydrogens is 793 g/mol. The number of rotatable bonds is 6. The van der Waals surface area contributed by atoms with Crippen molar-refractivity contribution in [3.63, 3.8) is 0 Å². The molecular formula is C66H42. The van der Waals surface area contributed by atoms with Gasteiger partial charge in [0.15, 0.2) is 0 Å². The molecule has 0 heteroatoms. The average Bonchev–Trinajstić information content (AvgIpc) is 3.39. The molecule has 0 aliphatic carbocycles. The molecule has 0 N–H and O–H groups in total. The van der Waals surface area contributed by atoms with Gasteiger partial charge in [0.05, 0.1) is 0 Å². The Balaban J connectivity index is 1.16. The molecule has 0 spiro atoms. The van der Waals surface area contributed by atoms with Crippen LogP contribution in [0.1, 0.15) is 0 Å². The fraction of sp³-hybridized carbons (Fsp3) is 0. The van der Waals surface area contributed by atoms with Crippen LogP contribution in [-0.4, -0.2) is 0 Å². The van der Waals surface area contributed by atoms with E-state index in [0.29, 0.717) is 0 Å². The SMILES string of the molecule is c1cc(-c2ccc3ccccc3c2)cc(-c2ccc(-c3cccc(-c4ccc5ccccc5c4)c3)c3c(-c4ccc5ccccc5c4)c4ccccc4c(-c4ccc5ccccc5c4)c23)c1. The summed E-state index contributed by atoms with van der Waals surface area (Å²) in [5.41, 5.74) is 14.5. The highest BCUT2D eigenvalue weighted by atomic mass is 14.3. The first-order valence-corrected chi connectivity index (χ1v) is 22.9. The van der Waals surface area contributed by atoms with Crippen LogP contribution < -0.4 is 0 Å². The lowest BCUT2D eigenvalue weighted by Gasteiger charge is -2.23. The normalized spacial score (nSPS) is 11.6. The fourth-order valence-electron chi connectivity index (χ4n) is 10.6. The Morgan fingerprint density at radius 2 is 0.455 bits per heavy atom. The van der Waals surface area contributed by atoms with Crippen LogP contribution in [0.3, 0.4) is 0 Å². The van der Waals surface area contributed by atoms with Crippen LogP contribution in [0.15, 0.2) is 255 Å².